The molecule has 0 spiro atoms. The molecule has 0 aromatic heterocycles. The van der Waals surface area contributed by atoms with Crippen molar-refractivity contribution in [2.75, 3.05) is 20.2 Å². The fourth-order valence-electron chi connectivity index (χ4n) is 5.58. The van der Waals surface area contributed by atoms with Gasteiger partial charge in [-0.15, -0.1) is 0 Å². The zero-order valence-corrected chi connectivity index (χ0v) is 22.8. The summed E-state index contributed by atoms with van der Waals surface area (Å²) in [6.07, 6.45) is 0.752. The quantitative estimate of drug-likeness (QED) is 0.332. The molecule has 0 aliphatic heterocycles. The van der Waals surface area contributed by atoms with Crippen LogP contribution in [0.25, 0.3) is 11.1 Å². The molecule has 3 aromatic rings. The Morgan fingerprint density at radius 2 is 1.52 bits per heavy atom. The van der Waals surface area contributed by atoms with Crippen molar-refractivity contribution in [3.8, 4) is 11.1 Å². The Morgan fingerprint density at radius 1 is 0.950 bits per heavy atom. The third-order valence-corrected chi connectivity index (χ3v) is 7.96. The molecule has 2 aliphatic rings. The van der Waals surface area contributed by atoms with Crippen molar-refractivity contribution < 1.29 is 24.2 Å². The SMILES string of the molecule is CN(Cc1ccccc1)CC(NC(=O)OCC1c2ccccc2-c2ccccc21)C(=O)NC(C)(C(=O)O)C1CC1. The second-order valence-electron chi connectivity index (χ2n) is 11.0. The second kappa shape index (κ2) is 11.5. The van der Waals surface area contributed by atoms with Gasteiger partial charge in [-0.3, -0.25) is 9.69 Å². The molecule has 2 amide bonds. The first kappa shape index (κ1) is 27.4. The Kier molecular flexibility index (Phi) is 7.89. The van der Waals surface area contributed by atoms with Gasteiger partial charge >= 0.3 is 12.1 Å². The molecule has 0 radical (unpaired) electrons. The maximum absolute atomic E-state index is 13.4. The first-order valence-electron chi connectivity index (χ1n) is 13.7. The smallest absolute Gasteiger partial charge is 0.407 e. The fourth-order valence-corrected chi connectivity index (χ4v) is 5.58. The van der Waals surface area contributed by atoms with Crippen LogP contribution in [0.4, 0.5) is 4.79 Å². The highest BCUT2D eigenvalue weighted by Gasteiger charge is 2.49. The zero-order chi connectivity index (χ0) is 28.3. The Bertz CT molecular complexity index is 1340. The summed E-state index contributed by atoms with van der Waals surface area (Å²) in [6, 6.07) is 24.9. The molecule has 8 nitrogen and oxygen atoms in total. The third-order valence-electron chi connectivity index (χ3n) is 7.96. The summed E-state index contributed by atoms with van der Waals surface area (Å²) in [5, 5.41) is 15.3. The maximum Gasteiger partial charge on any atom is 0.407 e. The predicted molar refractivity (Wildman–Crippen MR) is 152 cm³/mol. The number of nitrogens with one attached hydrogen (secondary N) is 2. The third kappa shape index (κ3) is 5.87. The van der Waals surface area contributed by atoms with Gasteiger partial charge in [0.15, 0.2) is 0 Å². The molecule has 0 bridgehead atoms. The highest BCUT2D eigenvalue weighted by Crippen LogP contribution is 2.44. The van der Waals surface area contributed by atoms with Crippen LogP contribution in [-0.4, -0.2) is 59.8 Å². The van der Waals surface area contributed by atoms with Gasteiger partial charge in [-0.05, 0) is 60.5 Å². The molecule has 5 rings (SSSR count). The molecule has 0 heterocycles. The first-order valence-corrected chi connectivity index (χ1v) is 13.7. The number of hydrogen-bond donors (Lipinski definition) is 3. The van der Waals surface area contributed by atoms with Gasteiger partial charge < -0.3 is 20.5 Å². The summed E-state index contributed by atoms with van der Waals surface area (Å²) in [6.45, 7) is 2.37. The number of benzene rings is 3. The molecule has 1 saturated carbocycles. The van der Waals surface area contributed by atoms with E-state index in [9.17, 15) is 19.5 Å². The Hall–Kier alpha value is -4.17. The number of rotatable bonds is 11. The number of likely N-dealkylation sites (N-methyl/N-ethyl adjacent to an activating group) is 1. The average Bonchev–Trinajstić information content (AvgIpc) is 3.76. The number of fused-ring (bicyclic) bond motifs is 3. The van der Waals surface area contributed by atoms with Crippen LogP contribution in [0.5, 0.6) is 0 Å². The van der Waals surface area contributed by atoms with Crippen molar-refractivity contribution in [1.29, 1.82) is 0 Å². The number of carbonyl (C=O) groups is 3. The largest absolute Gasteiger partial charge is 0.480 e. The van der Waals surface area contributed by atoms with E-state index in [-0.39, 0.29) is 25.0 Å². The predicted octanol–water partition coefficient (Wildman–Crippen LogP) is 4.40. The lowest BCUT2D eigenvalue weighted by molar-refractivity contribution is -0.148. The number of ether oxygens (including phenoxy) is 1. The summed E-state index contributed by atoms with van der Waals surface area (Å²) in [4.78, 5) is 40.5. The average molecular weight is 542 g/mol. The van der Waals surface area contributed by atoms with Crippen molar-refractivity contribution >= 4 is 18.0 Å². The van der Waals surface area contributed by atoms with Gasteiger partial charge in [0.25, 0.3) is 0 Å². The number of alkyl carbamates (subject to hydrolysis) is 1. The van der Waals surface area contributed by atoms with E-state index in [2.05, 4.69) is 22.8 Å². The maximum atomic E-state index is 13.4. The standard InChI is InChI=1S/C32H35N3O5/c1-32(30(37)38,22-16-17-22)34-29(36)28(19-35(2)18-21-10-4-3-5-11-21)33-31(39)40-20-27-25-14-8-6-12-23(25)24-13-7-9-15-26(24)27/h3-15,22,27-28H,16-20H2,1-2H3,(H,33,39)(H,34,36)(H,37,38). The minimum atomic E-state index is -1.39. The number of hydrogen-bond acceptors (Lipinski definition) is 5. The highest BCUT2D eigenvalue weighted by atomic mass is 16.5. The van der Waals surface area contributed by atoms with Crippen LogP contribution in [0.1, 0.15) is 42.4 Å². The van der Waals surface area contributed by atoms with Crippen molar-refractivity contribution in [2.24, 2.45) is 5.92 Å². The zero-order valence-electron chi connectivity index (χ0n) is 22.8. The molecular weight excluding hydrogens is 506 g/mol. The number of aliphatic carboxylic acids is 1. The number of carbonyl (C=O) groups excluding carboxylic acids is 2. The Balaban J connectivity index is 1.28. The monoisotopic (exact) mass is 541 g/mol. The van der Waals surface area contributed by atoms with Gasteiger partial charge in [0.05, 0.1) is 0 Å². The van der Waals surface area contributed by atoms with E-state index < -0.39 is 29.6 Å². The lowest BCUT2D eigenvalue weighted by Crippen LogP contribution is -2.61. The molecular formula is C32H35N3O5. The minimum absolute atomic E-state index is 0.114. The van der Waals surface area contributed by atoms with E-state index in [4.69, 9.17) is 4.74 Å². The van der Waals surface area contributed by atoms with Crippen LogP contribution >= 0.6 is 0 Å². The number of amides is 2. The van der Waals surface area contributed by atoms with E-state index in [0.29, 0.717) is 6.54 Å². The first-order chi connectivity index (χ1) is 19.3. The molecule has 1 fully saturated rings. The summed E-state index contributed by atoms with van der Waals surface area (Å²) in [7, 11) is 1.85. The molecule has 8 heteroatoms. The molecule has 40 heavy (non-hydrogen) atoms. The fraction of sp³-hybridized carbons (Fsp3) is 0.344. The van der Waals surface area contributed by atoms with E-state index in [1.54, 1.807) is 0 Å². The van der Waals surface area contributed by atoms with Crippen LogP contribution in [-0.2, 0) is 20.9 Å². The molecule has 2 aliphatic carbocycles. The van der Waals surface area contributed by atoms with Crippen LogP contribution < -0.4 is 10.6 Å². The van der Waals surface area contributed by atoms with Gasteiger partial charge in [0, 0.05) is 19.0 Å². The molecule has 2 unspecified atom stereocenters. The van der Waals surface area contributed by atoms with Crippen LogP contribution in [0.2, 0.25) is 0 Å². The van der Waals surface area contributed by atoms with Crippen molar-refractivity contribution in [3.63, 3.8) is 0 Å². The van der Waals surface area contributed by atoms with Gasteiger partial charge in [0.2, 0.25) is 5.91 Å². The van der Waals surface area contributed by atoms with Crippen LogP contribution in [0.15, 0.2) is 78.9 Å². The number of carboxylic acid groups (broad SMARTS) is 1. The molecule has 3 aromatic carbocycles. The minimum Gasteiger partial charge on any atom is -0.480 e. The summed E-state index contributed by atoms with van der Waals surface area (Å²) in [5.74, 6) is -1.88. The van der Waals surface area contributed by atoms with Gasteiger partial charge in [0.1, 0.15) is 18.2 Å². The van der Waals surface area contributed by atoms with Gasteiger partial charge in [-0.2, -0.15) is 0 Å². The number of nitrogens with zero attached hydrogens (tertiary/aromatic N) is 1. The van der Waals surface area contributed by atoms with Gasteiger partial charge in [-0.1, -0.05) is 78.9 Å². The van der Waals surface area contributed by atoms with Crippen molar-refractivity contribution in [2.45, 2.75) is 43.8 Å². The van der Waals surface area contributed by atoms with Crippen molar-refractivity contribution in [1.82, 2.24) is 15.5 Å². The molecule has 3 N–H and O–H groups in total. The normalized spacial score (nSPS) is 16.4. The Morgan fingerprint density at radius 3 is 2.10 bits per heavy atom. The molecule has 2 atom stereocenters. The lowest BCUT2D eigenvalue weighted by Gasteiger charge is -2.30. The molecule has 208 valence electrons. The van der Waals surface area contributed by atoms with E-state index >= 15 is 0 Å². The van der Waals surface area contributed by atoms with E-state index in [0.717, 1.165) is 40.7 Å². The number of carboxylic acids is 1. The van der Waals surface area contributed by atoms with E-state index in [1.807, 2.05) is 78.7 Å². The highest BCUT2D eigenvalue weighted by molar-refractivity contribution is 5.91. The summed E-state index contributed by atoms with van der Waals surface area (Å²) in [5.41, 5.74) is 4.10. The topological polar surface area (TPSA) is 108 Å². The van der Waals surface area contributed by atoms with Crippen LogP contribution in [0.3, 0.4) is 0 Å². The lowest BCUT2D eigenvalue weighted by atomic mass is 9.95. The summed E-state index contributed by atoms with van der Waals surface area (Å²) < 4.78 is 5.69. The Labute approximate surface area is 234 Å². The summed E-state index contributed by atoms with van der Waals surface area (Å²) >= 11 is 0. The molecule has 0 saturated heterocycles. The van der Waals surface area contributed by atoms with E-state index in [1.165, 1.54) is 6.92 Å². The van der Waals surface area contributed by atoms with Crippen molar-refractivity contribution in [3.05, 3.63) is 95.6 Å². The second-order valence-corrected chi connectivity index (χ2v) is 11.0. The van der Waals surface area contributed by atoms with Gasteiger partial charge in [-0.25, -0.2) is 9.59 Å². The van der Waals surface area contributed by atoms with Crippen LogP contribution in [0, 0.1) is 5.92 Å².